The molecule has 2 aliphatic rings. The molecule has 0 aliphatic carbocycles. The average Bonchev–Trinajstić information content (AvgIpc) is 2.87. The van der Waals surface area contributed by atoms with Gasteiger partial charge in [0.2, 0.25) is 23.6 Å². The molecule has 0 bridgehead atoms. The van der Waals surface area contributed by atoms with Crippen LogP contribution in [0.3, 0.4) is 0 Å². The second-order valence-electron chi connectivity index (χ2n) is 4.59. The van der Waals surface area contributed by atoms with Crippen LogP contribution in [0.1, 0.15) is 32.1 Å². The summed E-state index contributed by atoms with van der Waals surface area (Å²) >= 11 is 0. The van der Waals surface area contributed by atoms with E-state index in [2.05, 4.69) is 0 Å². The van der Waals surface area contributed by atoms with Crippen molar-refractivity contribution in [3.8, 4) is 0 Å². The van der Waals surface area contributed by atoms with Gasteiger partial charge in [-0.3, -0.25) is 24.0 Å². The van der Waals surface area contributed by atoms with Crippen molar-refractivity contribution in [2.24, 2.45) is 5.92 Å². The molecule has 0 saturated carbocycles. The summed E-state index contributed by atoms with van der Waals surface area (Å²) in [5.74, 6) is -3.28. The Morgan fingerprint density at radius 2 is 1.62 bits per heavy atom. The van der Waals surface area contributed by atoms with Gasteiger partial charge in [0.25, 0.3) is 0 Å². The predicted octanol–water partition coefficient (Wildman–Crippen LogP) is 0.587. The van der Waals surface area contributed by atoms with E-state index in [1.165, 1.54) is 0 Å². The number of carboxylic acid groups (broad SMARTS) is 1. The third-order valence-electron chi connectivity index (χ3n) is 3.09. The second-order valence-corrected chi connectivity index (χ2v) is 6.51. The first-order valence-electron chi connectivity index (χ1n) is 6.19. The third-order valence-corrected chi connectivity index (χ3v) is 5.34. The van der Waals surface area contributed by atoms with Gasteiger partial charge >= 0.3 is 5.97 Å². The monoisotopic (exact) mass is 332 g/mol. The third kappa shape index (κ3) is 3.56. The minimum Gasteiger partial charge on any atom is -0.481 e. The molecule has 1 N–H and O–H groups in total. The number of carbonyl (C=O) groups excluding carboxylic acids is 4. The SMILES string of the molecule is O=C(O)CCC1CC(=O)N(SSN2C(=O)CCC2=O)C1=O. The molecule has 4 amide bonds. The van der Waals surface area contributed by atoms with E-state index in [4.69, 9.17) is 5.11 Å². The molecular weight excluding hydrogens is 320 g/mol. The molecule has 10 heteroatoms. The van der Waals surface area contributed by atoms with Crippen molar-refractivity contribution in [2.45, 2.75) is 32.1 Å². The van der Waals surface area contributed by atoms with E-state index in [0.717, 1.165) is 30.6 Å². The summed E-state index contributed by atoms with van der Waals surface area (Å²) in [6.45, 7) is 0. The lowest BCUT2D eigenvalue weighted by atomic mass is 10.0. The van der Waals surface area contributed by atoms with E-state index >= 15 is 0 Å². The number of hydrogen-bond donors (Lipinski definition) is 1. The first kappa shape index (κ1) is 15.8. The van der Waals surface area contributed by atoms with E-state index in [-0.39, 0.29) is 43.9 Å². The largest absolute Gasteiger partial charge is 0.481 e. The maximum absolute atomic E-state index is 12.0. The first-order valence-corrected chi connectivity index (χ1v) is 8.25. The van der Waals surface area contributed by atoms with Gasteiger partial charge in [-0.2, -0.15) is 0 Å². The molecule has 21 heavy (non-hydrogen) atoms. The van der Waals surface area contributed by atoms with Gasteiger partial charge in [0, 0.05) is 31.6 Å². The van der Waals surface area contributed by atoms with Gasteiger partial charge in [-0.25, -0.2) is 8.61 Å². The van der Waals surface area contributed by atoms with Crippen LogP contribution in [0.2, 0.25) is 0 Å². The van der Waals surface area contributed by atoms with Gasteiger partial charge in [-0.05, 0) is 6.42 Å². The molecule has 0 spiro atoms. The highest BCUT2D eigenvalue weighted by molar-refractivity contribution is 8.75. The summed E-state index contributed by atoms with van der Waals surface area (Å²) in [5.41, 5.74) is 0. The Balaban J connectivity index is 1.90. The maximum atomic E-state index is 12.0. The fraction of sp³-hybridized carbons (Fsp3) is 0.545. The zero-order chi connectivity index (χ0) is 15.6. The van der Waals surface area contributed by atoms with Gasteiger partial charge in [0.05, 0.1) is 22.0 Å². The molecule has 2 aliphatic heterocycles. The van der Waals surface area contributed by atoms with E-state index in [9.17, 15) is 24.0 Å². The highest BCUT2D eigenvalue weighted by Gasteiger charge is 2.41. The number of carbonyl (C=O) groups is 5. The van der Waals surface area contributed by atoms with Crippen LogP contribution in [0.25, 0.3) is 0 Å². The van der Waals surface area contributed by atoms with Crippen molar-refractivity contribution in [2.75, 3.05) is 0 Å². The zero-order valence-electron chi connectivity index (χ0n) is 10.8. The topological polar surface area (TPSA) is 112 Å². The molecule has 2 fully saturated rings. The Morgan fingerprint density at radius 3 is 2.19 bits per heavy atom. The van der Waals surface area contributed by atoms with Crippen molar-refractivity contribution >= 4 is 51.6 Å². The molecule has 0 aromatic heterocycles. The quantitative estimate of drug-likeness (QED) is 0.427. The van der Waals surface area contributed by atoms with Crippen molar-refractivity contribution in [3.63, 3.8) is 0 Å². The number of rotatable bonds is 6. The van der Waals surface area contributed by atoms with E-state index in [0.29, 0.717) is 0 Å². The highest BCUT2D eigenvalue weighted by atomic mass is 33.1. The number of imide groups is 2. The molecule has 1 unspecified atom stereocenters. The Bertz CT molecular complexity index is 507. The fourth-order valence-corrected chi connectivity index (χ4v) is 4.21. The van der Waals surface area contributed by atoms with Crippen LogP contribution in [0.5, 0.6) is 0 Å². The lowest BCUT2D eigenvalue weighted by Gasteiger charge is -2.16. The van der Waals surface area contributed by atoms with Crippen LogP contribution in [0.4, 0.5) is 0 Å². The van der Waals surface area contributed by atoms with Crippen LogP contribution in [0.15, 0.2) is 0 Å². The molecule has 114 valence electrons. The predicted molar refractivity (Wildman–Crippen MR) is 73.1 cm³/mol. The van der Waals surface area contributed by atoms with Crippen LogP contribution in [-0.4, -0.2) is 43.3 Å². The van der Waals surface area contributed by atoms with Crippen LogP contribution in [0, 0.1) is 5.92 Å². The van der Waals surface area contributed by atoms with Gasteiger partial charge in [0.15, 0.2) is 0 Å². The fourth-order valence-electron chi connectivity index (χ4n) is 1.98. The molecule has 2 rings (SSSR count). The van der Waals surface area contributed by atoms with Gasteiger partial charge < -0.3 is 5.11 Å². The standard InChI is InChI=1S/C11H12N2O6S2/c14-7-2-3-8(15)12(7)20-21-13-9(16)5-6(11(13)19)1-4-10(17)18/h6H,1-5H2,(H,17,18). The van der Waals surface area contributed by atoms with Gasteiger partial charge in [0.1, 0.15) is 0 Å². The van der Waals surface area contributed by atoms with Crippen molar-refractivity contribution in [1.82, 2.24) is 8.61 Å². The average molecular weight is 332 g/mol. The lowest BCUT2D eigenvalue weighted by Crippen LogP contribution is -2.26. The number of nitrogens with zero attached hydrogens (tertiary/aromatic N) is 2. The molecular formula is C11H12N2O6S2. The Morgan fingerprint density at radius 1 is 1.05 bits per heavy atom. The molecule has 0 aromatic carbocycles. The molecule has 0 aromatic rings. The lowest BCUT2D eigenvalue weighted by molar-refractivity contribution is -0.137. The van der Waals surface area contributed by atoms with E-state index in [1.54, 1.807) is 0 Å². The summed E-state index contributed by atoms with van der Waals surface area (Å²) < 4.78 is 1.84. The van der Waals surface area contributed by atoms with E-state index < -0.39 is 23.7 Å². The summed E-state index contributed by atoms with van der Waals surface area (Å²) in [6.07, 6.45) is 0.147. The molecule has 2 saturated heterocycles. The summed E-state index contributed by atoms with van der Waals surface area (Å²) in [7, 11) is 1.48. The minimum atomic E-state index is -1.02. The van der Waals surface area contributed by atoms with Crippen molar-refractivity contribution in [1.29, 1.82) is 0 Å². The second kappa shape index (κ2) is 6.48. The Labute approximate surface area is 127 Å². The van der Waals surface area contributed by atoms with Crippen LogP contribution < -0.4 is 0 Å². The zero-order valence-corrected chi connectivity index (χ0v) is 12.4. The smallest absolute Gasteiger partial charge is 0.303 e. The van der Waals surface area contributed by atoms with Gasteiger partial charge in [-0.15, -0.1) is 0 Å². The first-order chi connectivity index (χ1) is 9.90. The number of carboxylic acids is 1. The normalized spacial score (nSPS) is 22.6. The molecule has 1 atom stereocenters. The molecule has 0 radical (unpaired) electrons. The highest BCUT2D eigenvalue weighted by Crippen LogP contribution is 2.38. The number of hydrogen-bond acceptors (Lipinski definition) is 7. The molecule has 8 nitrogen and oxygen atoms in total. The van der Waals surface area contributed by atoms with Crippen molar-refractivity contribution < 1.29 is 29.1 Å². The van der Waals surface area contributed by atoms with Gasteiger partial charge in [-0.1, -0.05) is 0 Å². The van der Waals surface area contributed by atoms with Crippen molar-refractivity contribution in [3.05, 3.63) is 0 Å². The summed E-state index contributed by atoms with van der Waals surface area (Å²) in [6, 6.07) is 0. The summed E-state index contributed by atoms with van der Waals surface area (Å²) in [5, 5.41) is 8.60. The van der Waals surface area contributed by atoms with E-state index in [1.807, 2.05) is 0 Å². The number of amides is 4. The Hall–Kier alpha value is -1.55. The number of aliphatic carboxylic acids is 1. The maximum Gasteiger partial charge on any atom is 0.303 e. The van der Waals surface area contributed by atoms with Crippen LogP contribution >= 0.6 is 22.0 Å². The minimum absolute atomic E-state index is 0.0401. The Kier molecular flexibility index (Phi) is 4.88. The van der Waals surface area contributed by atoms with Crippen LogP contribution in [-0.2, 0) is 24.0 Å². The molecule has 2 heterocycles. The summed E-state index contributed by atoms with van der Waals surface area (Å²) in [4.78, 5) is 57.0.